The summed E-state index contributed by atoms with van der Waals surface area (Å²) >= 11 is 1.44. The second kappa shape index (κ2) is 9.30. The number of urea groups is 1. The maximum Gasteiger partial charge on any atom is 0.323 e. The number of carbonyl (C=O) groups excluding carboxylic acids is 1. The van der Waals surface area contributed by atoms with Crippen molar-refractivity contribution in [1.29, 1.82) is 5.26 Å². The van der Waals surface area contributed by atoms with Crippen LogP contribution < -0.4 is 10.6 Å². The van der Waals surface area contributed by atoms with Crippen LogP contribution in [-0.2, 0) is 9.84 Å². The highest BCUT2D eigenvalue weighted by Crippen LogP contribution is 2.29. The minimum Gasteiger partial charge on any atom is -0.506 e. The van der Waals surface area contributed by atoms with E-state index in [1.165, 1.54) is 36.9 Å². The van der Waals surface area contributed by atoms with Gasteiger partial charge in [-0.1, -0.05) is 19.1 Å². The number of para-hydroxylation sites is 1. The third-order valence-corrected chi connectivity index (χ3v) is 6.37. The average Bonchev–Trinajstić information content (AvgIpc) is 2.65. The molecule has 2 aromatic carbocycles. The van der Waals surface area contributed by atoms with E-state index < -0.39 is 15.9 Å². The first-order valence-corrected chi connectivity index (χ1v) is 10.7. The van der Waals surface area contributed by atoms with Gasteiger partial charge < -0.3 is 15.7 Å². The minimum atomic E-state index is -3.46. The van der Waals surface area contributed by atoms with Gasteiger partial charge in [0.2, 0.25) is 0 Å². The third-order valence-electron chi connectivity index (χ3n) is 3.56. The lowest BCUT2D eigenvalue weighted by Crippen LogP contribution is -2.20. The minimum absolute atomic E-state index is 0.00311. The molecule has 2 rings (SSSR count). The molecule has 0 unspecified atom stereocenters. The van der Waals surface area contributed by atoms with Crippen LogP contribution in [0.15, 0.2) is 52.3 Å². The molecular weight excluding hydrogens is 386 g/mol. The van der Waals surface area contributed by atoms with Crippen molar-refractivity contribution in [1.82, 2.24) is 0 Å². The van der Waals surface area contributed by atoms with Crippen molar-refractivity contribution < 1.29 is 18.3 Å². The van der Waals surface area contributed by atoms with E-state index in [2.05, 4.69) is 16.7 Å². The zero-order valence-corrected chi connectivity index (χ0v) is 16.2. The number of aromatic hydroxyl groups is 1. The van der Waals surface area contributed by atoms with Crippen molar-refractivity contribution in [3.63, 3.8) is 0 Å². The molecule has 2 amide bonds. The predicted molar refractivity (Wildman–Crippen MR) is 106 cm³/mol. The molecule has 7 nitrogen and oxygen atoms in total. The quantitative estimate of drug-likeness (QED) is 0.366. The molecule has 0 aliphatic heterocycles. The van der Waals surface area contributed by atoms with Crippen molar-refractivity contribution in [2.45, 2.75) is 23.1 Å². The topological polar surface area (TPSA) is 119 Å². The van der Waals surface area contributed by atoms with Crippen molar-refractivity contribution in [2.24, 2.45) is 0 Å². The molecule has 0 fully saturated rings. The number of carbonyl (C=O) groups is 1. The summed E-state index contributed by atoms with van der Waals surface area (Å²) in [6.07, 6.45) is 0.387. The molecule has 0 aliphatic carbocycles. The van der Waals surface area contributed by atoms with E-state index in [1.54, 1.807) is 12.1 Å². The zero-order chi connectivity index (χ0) is 19.9. The fourth-order valence-corrected chi connectivity index (χ4v) is 3.92. The summed E-state index contributed by atoms with van der Waals surface area (Å²) in [7, 11) is -3.46. The Labute approximate surface area is 162 Å². The average molecular weight is 406 g/mol. The number of hydrogen-bond donors (Lipinski definition) is 3. The zero-order valence-electron chi connectivity index (χ0n) is 14.6. The maximum absolute atomic E-state index is 12.3. The Morgan fingerprint density at radius 2 is 1.89 bits per heavy atom. The number of phenolic OH excluding ortho intramolecular Hbond substituents is 1. The third kappa shape index (κ3) is 5.64. The van der Waals surface area contributed by atoms with Gasteiger partial charge >= 0.3 is 6.03 Å². The van der Waals surface area contributed by atoms with Crippen LogP contribution in [0, 0.1) is 11.3 Å². The summed E-state index contributed by atoms with van der Waals surface area (Å²) in [6.45, 7) is 1.52. The fourth-order valence-electron chi connectivity index (χ4n) is 2.15. The Balaban J connectivity index is 2.15. The summed E-state index contributed by atoms with van der Waals surface area (Å²) in [6, 6.07) is 12.3. The number of nitrogens with one attached hydrogen (secondary N) is 2. The van der Waals surface area contributed by atoms with E-state index in [0.717, 1.165) is 4.90 Å². The van der Waals surface area contributed by atoms with Crippen LogP contribution >= 0.6 is 11.8 Å². The van der Waals surface area contributed by atoms with Gasteiger partial charge in [-0.2, -0.15) is 5.26 Å². The molecule has 142 valence electrons. The summed E-state index contributed by atoms with van der Waals surface area (Å²) in [5.41, 5.74) is 0.548. The highest BCUT2D eigenvalue weighted by atomic mass is 32.2. The highest BCUT2D eigenvalue weighted by Gasteiger charge is 2.16. The Bertz CT molecular complexity index is 969. The van der Waals surface area contributed by atoms with Crippen LogP contribution in [0.3, 0.4) is 0 Å². The lowest BCUT2D eigenvalue weighted by molar-refractivity contribution is 0.262. The second-order valence-corrected chi connectivity index (χ2v) is 8.83. The number of hydrogen-bond acceptors (Lipinski definition) is 6. The molecular formula is C18H19N3O4S2. The van der Waals surface area contributed by atoms with E-state index in [0.29, 0.717) is 17.9 Å². The van der Waals surface area contributed by atoms with Crippen LogP contribution in [0.25, 0.3) is 0 Å². The summed E-state index contributed by atoms with van der Waals surface area (Å²) in [5.74, 6) is 0.266. The van der Waals surface area contributed by atoms with E-state index in [4.69, 9.17) is 5.26 Å². The number of benzene rings is 2. The first-order chi connectivity index (χ1) is 12.9. The highest BCUT2D eigenvalue weighted by molar-refractivity contribution is 7.99. The number of amides is 2. The Hall–Kier alpha value is -2.70. The van der Waals surface area contributed by atoms with Crippen LogP contribution in [0.5, 0.6) is 5.75 Å². The van der Waals surface area contributed by atoms with Gasteiger partial charge in [0.25, 0.3) is 0 Å². The number of nitrogens with zero attached hydrogens (tertiary/aromatic N) is 1. The van der Waals surface area contributed by atoms with E-state index in [9.17, 15) is 18.3 Å². The van der Waals surface area contributed by atoms with Crippen LogP contribution in [-0.4, -0.2) is 31.1 Å². The van der Waals surface area contributed by atoms with Crippen molar-refractivity contribution in [3.8, 4) is 11.8 Å². The Kier molecular flexibility index (Phi) is 7.10. The molecule has 9 heteroatoms. The van der Waals surface area contributed by atoms with Crippen LogP contribution in [0.1, 0.15) is 13.3 Å². The van der Waals surface area contributed by atoms with Gasteiger partial charge in [0.1, 0.15) is 5.75 Å². The Morgan fingerprint density at radius 1 is 1.19 bits per heavy atom. The predicted octanol–water partition coefficient (Wildman–Crippen LogP) is 3.84. The largest absolute Gasteiger partial charge is 0.506 e. The molecule has 0 heterocycles. The van der Waals surface area contributed by atoms with Gasteiger partial charge in [0, 0.05) is 17.1 Å². The molecule has 0 saturated carbocycles. The summed E-state index contributed by atoms with van der Waals surface area (Å²) < 4.78 is 24.0. The SMILES string of the molecule is CCS(=O)(=O)c1ccc(O)c(NC(=O)Nc2ccccc2SCCC#N)c1. The molecule has 3 N–H and O–H groups in total. The summed E-state index contributed by atoms with van der Waals surface area (Å²) in [4.78, 5) is 13.1. The molecule has 0 radical (unpaired) electrons. The van der Waals surface area contributed by atoms with Gasteiger partial charge in [-0.3, -0.25) is 0 Å². The number of phenols is 1. The van der Waals surface area contributed by atoms with Crippen molar-refractivity contribution >= 4 is 39.0 Å². The molecule has 2 aromatic rings. The van der Waals surface area contributed by atoms with E-state index >= 15 is 0 Å². The van der Waals surface area contributed by atoms with Gasteiger partial charge in [-0.15, -0.1) is 11.8 Å². The van der Waals surface area contributed by atoms with Gasteiger partial charge in [0.05, 0.1) is 28.1 Å². The lowest BCUT2D eigenvalue weighted by atomic mass is 10.3. The molecule has 0 aliphatic rings. The first-order valence-electron chi connectivity index (χ1n) is 8.10. The standard InChI is InChI=1S/C18H19N3O4S2/c1-2-27(24,25)13-8-9-16(22)15(12-13)21-18(23)20-14-6-3-4-7-17(14)26-11-5-10-19/h3-4,6-9,12,22H,2,5,11H2,1H3,(H2,20,21,23). The van der Waals surface area contributed by atoms with Crippen molar-refractivity contribution in [3.05, 3.63) is 42.5 Å². The second-order valence-electron chi connectivity index (χ2n) is 5.41. The van der Waals surface area contributed by atoms with E-state index in [1.807, 2.05) is 12.1 Å². The van der Waals surface area contributed by atoms with Crippen LogP contribution in [0.2, 0.25) is 0 Å². The van der Waals surface area contributed by atoms with Gasteiger partial charge in [-0.25, -0.2) is 13.2 Å². The number of thioether (sulfide) groups is 1. The number of anilines is 2. The molecule has 0 atom stereocenters. The van der Waals surface area contributed by atoms with E-state index in [-0.39, 0.29) is 22.1 Å². The normalized spacial score (nSPS) is 10.8. The molecule has 0 aromatic heterocycles. The Morgan fingerprint density at radius 3 is 2.59 bits per heavy atom. The smallest absolute Gasteiger partial charge is 0.323 e. The van der Waals surface area contributed by atoms with Crippen LogP contribution in [0.4, 0.5) is 16.2 Å². The fraction of sp³-hybridized carbons (Fsp3) is 0.222. The molecule has 0 saturated heterocycles. The monoisotopic (exact) mass is 405 g/mol. The van der Waals surface area contributed by atoms with Gasteiger partial charge in [0.15, 0.2) is 9.84 Å². The number of nitriles is 1. The van der Waals surface area contributed by atoms with Crippen molar-refractivity contribution in [2.75, 3.05) is 22.1 Å². The first kappa shape index (κ1) is 20.6. The molecule has 27 heavy (non-hydrogen) atoms. The molecule has 0 spiro atoms. The number of rotatable bonds is 7. The van der Waals surface area contributed by atoms with Gasteiger partial charge in [-0.05, 0) is 30.3 Å². The lowest BCUT2D eigenvalue weighted by Gasteiger charge is -2.13. The summed E-state index contributed by atoms with van der Waals surface area (Å²) in [5, 5.41) is 23.7. The number of sulfone groups is 1. The molecule has 0 bridgehead atoms. The maximum atomic E-state index is 12.3.